The summed E-state index contributed by atoms with van der Waals surface area (Å²) in [6, 6.07) is 13.7. The molecular formula is C19H24N2O3. The number of ether oxygens (including phenoxy) is 1. The first-order chi connectivity index (χ1) is 11.7. The SMILES string of the molecule is C[C@H](c1ccco1)N(C)C(=O)NC[C@@H]1CCO[C@H]1c1ccccc1. The zero-order valence-electron chi connectivity index (χ0n) is 14.1. The number of carbonyl (C=O) groups excluding carboxylic acids is 1. The lowest BCUT2D eigenvalue weighted by Crippen LogP contribution is -2.41. The van der Waals surface area contributed by atoms with Gasteiger partial charge in [-0.2, -0.15) is 0 Å². The van der Waals surface area contributed by atoms with Gasteiger partial charge in [-0.25, -0.2) is 4.79 Å². The highest BCUT2D eigenvalue weighted by Crippen LogP contribution is 2.34. The Kier molecular flexibility index (Phi) is 5.20. The van der Waals surface area contributed by atoms with Crippen LogP contribution in [0.1, 0.15) is 36.8 Å². The van der Waals surface area contributed by atoms with Gasteiger partial charge in [0.05, 0.1) is 18.4 Å². The number of urea groups is 1. The van der Waals surface area contributed by atoms with Crippen molar-refractivity contribution >= 4 is 6.03 Å². The molecule has 0 radical (unpaired) electrons. The van der Waals surface area contributed by atoms with Gasteiger partial charge in [0.25, 0.3) is 0 Å². The number of hydrogen-bond acceptors (Lipinski definition) is 3. The van der Waals surface area contributed by atoms with Crippen LogP contribution in [0, 0.1) is 5.92 Å². The number of rotatable bonds is 5. The van der Waals surface area contributed by atoms with Crippen molar-refractivity contribution in [2.75, 3.05) is 20.2 Å². The summed E-state index contributed by atoms with van der Waals surface area (Å²) < 4.78 is 11.2. The van der Waals surface area contributed by atoms with Gasteiger partial charge in [-0.15, -0.1) is 0 Å². The second-order valence-corrected chi connectivity index (χ2v) is 6.24. The van der Waals surface area contributed by atoms with Crippen molar-refractivity contribution in [1.29, 1.82) is 0 Å². The Morgan fingerprint density at radius 1 is 1.29 bits per heavy atom. The molecule has 24 heavy (non-hydrogen) atoms. The van der Waals surface area contributed by atoms with Crippen molar-refractivity contribution < 1.29 is 13.9 Å². The number of nitrogens with zero attached hydrogens (tertiary/aromatic N) is 1. The van der Waals surface area contributed by atoms with Gasteiger partial charge in [-0.05, 0) is 31.0 Å². The molecule has 1 aliphatic rings. The highest BCUT2D eigenvalue weighted by molar-refractivity contribution is 5.74. The number of nitrogens with one attached hydrogen (secondary N) is 1. The smallest absolute Gasteiger partial charge is 0.317 e. The Morgan fingerprint density at radius 2 is 2.08 bits per heavy atom. The molecule has 1 saturated heterocycles. The molecule has 1 aliphatic heterocycles. The van der Waals surface area contributed by atoms with E-state index in [-0.39, 0.29) is 18.2 Å². The molecule has 0 saturated carbocycles. The third-order valence-electron chi connectivity index (χ3n) is 4.71. The fraction of sp³-hybridized carbons (Fsp3) is 0.421. The van der Waals surface area contributed by atoms with E-state index in [1.165, 1.54) is 5.56 Å². The van der Waals surface area contributed by atoms with E-state index < -0.39 is 0 Å². The number of carbonyl (C=O) groups is 1. The van der Waals surface area contributed by atoms with E-state index in [9.17, 15) is 4.79 Å². The van der Waals surface area contributed by atoms with Crippen LogP contribution in [-0.4, -0.2) is 31.1 Å². The van der Waals surface area contributed by atoms with Crippen LogP contribution in [-0.2, 0) is 4.74 Å². The van der Waals surface area contributed by atoms with Gasteiger partial charge in [-0.3, -0.25) is 0 Å². The molecule has 3 rings (SSSR count). The maximum Gasteiger partial charge on any atom is 0.317 e. The van der Waals surface area contributed by atoms with Gasteiger partial charge in [-0.1, -0.05) is 30.3 Å². The second kappa shape index (κ2) is 7.53. The molecule has 0 spiro atoms. The highest BCUT2D eigenvalue weighted by atomic mass is 16.5. The molecule has 128 valence electrons. The van der Waals surface area contributed by atoms with Crippen molar-refractivity contribution in [3.8, 4) is 0 Å². The van der Waals surface area contributed by atoms with Gasteiger partial charge >= 0.3 is 6.03 Å². The first-order valence-electron chi connectivity index (χ1n) is 8.37. The zero-order chi connectivity index (χ0) is 16.9. The summed E-state index contributed by atoms with van der Waals surface area (Å²) in [4.78, 5) is 14.1. The van der Waals surface area contributed by atoms with Crippen molar-refractivity contribution in [2.24, 2.45) is 5.92 Å². The summed E-state index contributed by atoms with van der Waals surface area (Å²) in [5.74, 6) is 1.07. The predicted octanol–water partition coefficient (Wildman–Crippen LogP) is 3.76. The maximum absolute atomic E-state index is 12.4. The average Bonchev–Trinajstić information content (AvgIpc) is 3.30. The third-order valence-corrected chi connectivity index (χ3v) is 4.71. The summed E-state index contributed by atoms with van der Waals surface area (Å²) in [5, 5.41) is 3.03. The van der Waals surface area contributed by atoms with Crippen molar-refractivity contribution in [1.82, 2.24) is 10.2 Å². The average molecular weight is 328 g/mol. The predicted molar refractivity (Wildman–Crippen MR) is 91.5 cm³/mol. The Balaban J connectivity index is 1.55. The minimum Gasteiger partial charge on any atom is -0.467 e. The summed E-state index contributed by atoms with van der Waals surface area (Å²) >= 11 is 0. The molecule has 1 fully saturated rings. The van der Waals surface area contributed by atoms with Crippen molar-refractivity contribution in [2.45, 2.75) is 25.5 Å². The van der Waals surface area contributed by atoms with Gasteiger partial charge in [0.2, 0.25) is 0 Å². The quantitative estimate of drug-likeness (QED) is 0.909. The number of furan rings is 1. The lowest BCUT2D eigenvalue weighted by molar-refractivity contribution is 0.0903. The Bertz CT molecular complexity index is 642. The van der Waals surface area contributed by atoms with Crippen LogP contribution in [0.2, 0.25) is 0 Å². The van der Waals surface area contributed by atoms with Crippen molar-refractivity contribution in [3.63, 3.8) is 0 Å². The molecular weight excluding hydrogens is 304 g/mol. The standard InChI is InChI=1S/C19H24N2O3/c1-14(17-9-6-11-23-17)21(2)19(22)20-13-16-10-12-24-18(16)15-7-4-3-5-8-15/h3-9,11,14,16,18H,10,12-13H2,1-2H3,(H,20,22)/t14-,16+,18+/m1/s1. The van der Waals surface area contributed by atoms with Crippen molar-refractivity contribution in [3.05, 3.63) is 60.1 Å². The monoisotopic (exact) mass is 328 g/mol. The van der Waals surface area contributed by atoms with E-state index in [4.69, 9.17) is 9.15 Å². The Labute approximate surface area is 142 Å². The minimum atomic E-state index is -0.107. The first kappa shape index (κ1) is 16.6. The van der Waals surface area contributed by atoms with E-state index in [0.717, 1.165) is 18.8 Å². The number of benzene rings is 1. The van der Waals surface area contributed by atoms with Crippen LogP contribution in [0.25, 0.3) is 0 Å². The fourth-order valence-electron chi connectivity index (χ4n) is 3.09. The molecule has 0 unspecified atom stereocenters. The van der Waals surface area contributed by atoms with Crippen LogP contribution in [0.15, 0.2) is 53.1 Å². The Morgan fingerprint density at radius 3 is 2.79 bits per heavy atom. The molecule has 2 heterocycles. The molecule has 5 heteroatoms. The van der Waals surface area contributed by atoms with Gasteiger partial charge in [0.15, 0.2) is 0 Å². The molecule has 5 nitrogen and oxygen atoms in total. The second-order valence-electron chi connectivity index (χ2n) is 6.24. The van der Waals surface area contributed by atoms with E-state index in [1.807, 2.05) is 37.3 Å². The lowest BCUT2D eigenvalue weighted by Gasteiger charge is -2.25. The number of hydrogen-bond donors (Lipinski definition) is 1. The zero-order valence-corrected chi connectivity index (χ0v) is 14.1. The van der Waals surface area contributed by atoms with Crippen LogP contribution >= 0.6 is 0 Å². The van der Waals surface area contributed by atoms with Gasteiger partial charge in [0, 0.05) is 26.1 Å². The van der Waals surface area contributed by atoms with Crippen LogP contribution in [0.3, 0.4) is 0 Å². The van der Waals surface area contributed by atoms with E-state index >= 15 is 0 Å². The Hall–Kier alpha value is -2.27. The third kappa shape index (κ3) is 3.62. The molecule has 1 N–H and O–H groups in total. The summed E-state index contributed by atoms with van der Waals surface area (Å²) in [7, 11) is 1.78. The molecule has 1 aromatic heterocycles. The molecule has 1 aromatic carbocycles. The van der Waals surface area contributed by atoms with E-state index in [0.29, 0.717) is 12.5 Å². The molecule has 0 bridgehead atoms. The fourth-order valence-corrected chi connectivity index (χ4v) is 3.09. The van der Waals surface area contributed by atoms with Gasteiger partial charge < -0.3 is 19.4 Å². The summed E-state index contributed by atoms with van der Waals surface area (Å²) in [6.07, 6.45) is 2.63. The van der Waals surface area contributed by atoms with Crippen LogP contribution in [0.4, 0.5) is 4.79 Å². The molecule has 0 aliphatic carbocycles. The first-order valence-corrected chi connectivity index (χ1v) is 8.37. The van der Waals surface area contributed by atoms with E-state index in [2.05, 4.69) is 17.4 Å². The topological polar surface area (TPSA) is 54.7 Å². The minimum absolute atomic E-state index is 0.0549. The molecule has 3 atom stereocenters. The normalized spacial score (nSPS) is 21.4. The summed E-state index contributed by atoms with van der Waals surface area (Å²) in [5.41, 5.74) is 1.17. The molecule has 2 aromatic rings. The lowest BCUT2D eigenvalue weighted by atomic mass is 9.95. The van der Waals surface area contributed by atoms with Gasteiger partial charge in [0.1, 0.15) is 5.76 Å². The van der Waals surface area contributed by atoms with Crippen LogP contribution in [0.5, 0.6) is 0 Å². The molecule has 2 amide bonds. The number of amides is 2. The highest BCUT2D eigenvalue weighted by Gasteiger charge is 2.30. The van der Waals surface area contributed by atoms with Crippen LogP contribution < -0.4 is 5.32 Å². The summed E-state index contributed by atoms with van der Waals surface area (Å²) in [6.45, 7) is 3.29. The van der Waals surface area contributed by atoms with E-state index in [1.54, 1.807) is 18.2 Å². The largest absolute Gasteiger partial charge is 0.467 e. The maximum atomic E-state index is 12.4.